The minimum atomic E-state index is -5.43. The lowest BCUT2D eigenvalue weighted by Crippen LogP contribution is -2.34. The van der Waals surface area contributed by atoms with Crippen LogP contribution in [0.2, 0.25) is 0 Å². The molecule has 8 heteroatoms. The van der Waals surface area contributed by atoms with Crippen molar-refractivity contribution in [2.45, 2.75) is 31.1 Å². The molecule has 2 nitrogen and oxygen atoms in total. The Morgan fingerprint density at radius 1 is 0.909 bits per heavy atom. The number of hydrogen-bond donors (Lipinski definition) is 0. The molecule has 1 saturated heterocycles. The smallest absolute Gasteiger partial charge is 0.339 e. The molecule has 1 aliphatic heterocycles. The lowest BCUT2D eigenvalue weighted by Gasteiger charge is -2.23. The lowest BCUT2D eigenvalue weighted by atomic mass is 9.96. The first-order valence-electron chi connectivity index (χ1n) is 6.63. The van der Waals surface area contributed by atoms with Crippen LogP contribution < -0.4 is 0 Å². The van der Waals surface area contributed by atoms with Gasteiger partial charge in [-0.2, -0.15) is 26.3 Å². The second kappa shape index (κ2) is 5.81. The van der Waals surface area contributed by atoms with Crippen LogP contribution in [0.1, 0.15) is 34.7 Å². The number of nitrogens with zero attached hydrogens (tertiary/aromatic N) is 1. The monoisotopic (exact) mass is 325 g/mol. The third-order valence-corrected chi connectivity index (χ3v) is 3.54. The molecule has 1 fully saturated rings. The number of halogens is 6. The van der Waals surface area contributed by atoms with Gasteiger partial charge in [0.05, 0.1) is 0 Å². The molecule has 1 heterocycles. The molecule has 22 heavy (non-hydrogen) atoms. The molecule has 0 aromatic heterocycles. The first kappa shape index (κ1) is 16.6. The van der Waals surface area contributed by atoms with Crippen LogP contribution in [0.15, 0.2) is 24.3 Å². The van der Waals surface area contributed by atoms with Gasteiger partial charge in [-0.25, -0.2) is 0 Å². The minimum absolute atomic E-state index is 0.0914. The predicted molar refractivity (Wildman–Crippen MR) is 66.4 cm³/mol. The fourth-order valence-electron chi connectivity index (χ4n) is 2.48. The van der Waals surface area contributed by atoms with Crippen molar-refractivity contribution in [3.05, 3.63) is 35.4 Å². The number of amides is 1. The summed E-state index contributed by atoms with van der Waals surface area (Å²) < 4.78 is 75.7. The molecule has 0 unspecified atom stereocenters. The van der Waals surface area contributed by atoms with Crippen LogP contribution in [-0.4, -0.2) is 36.2 Å². The van der Waals surface area contributed by atoms with Crippen molar-refractivity contribution in [2.75, 3.05) is 13.1 Å². The van der Waals surface area contributed by atoms with Crippen molar-refractivity contribution in [1.82, 2.24) is 4.90 Å². The molecule has 1 aliphatic rings. The first-order chi connectivity index (χ1) is 10.1. The lowest BCUT2D eigenvalue weighted by molar-refractivity contribution is -0.253. The van der Waals surface area contributed by atoms with Gasteiger partial charge in [0.1, 0.15) is 0 Å². The summed E-state index contributed by atoms with van der Waals surface area (Å²) in [6.07, 6.45) is -9.18. The summed E-state index contributed by atoms with van der Waals surface area (Å²) in [7, 11) is 0. The van der Waals surface area contributed by atoms with E-state index in [1.165, 1.54) is 4.90 Å². The van der Waals surface area contributed by atoms with Gasteiger partial charge in [-0.3, -0.25) is 4.79 Å². The van der Waals surface area contributed by atoms with Gasteiger partial charge in [-0.05, 0) is 30.5 Å². The molecule has 0 spiro atoms. The molecule has 1 aromatic carbocycles. The zero-order valence-electron chi connectivity index (χ0n) is 11.3. The van der Waals surface area contributed by atoms with Gasteiger partial charge in [-0.15, -0.1) is 0 Å². The topological polar surface area (TPSA) is 20.3 Å². The quantitative estimate of drug-likeness (QED) is 0.749. The zero-order chi connectivity index (χ0) is 16.5. The Morgan fingerprint density at radius 3 is 1.77 bits per heavy atom. The summed E-state index contributed by atoms with van der Waals surface area (Å²) in [5.41, 5.74) is -0.827. The molecule has 122 valence electrons. The van der Waals surface area contributed by atoms with Gasteiger partial charge >= 0.3 is 12.4 Å². The average molecular weight is 325 g/mol. The fourth-order valence-corrected chi connectivity index (χ4v) is 2.48. The van der Waals surface area contributed by atoms with Crippen LogP contribution in [0.5, 0.6) is 0 Å². The van der Waals surface area contributed by atoms with E-state index >= 15 is 0 Å². The summed E-state index contributed by atoms with van der Waals surface area (Å²) >= 11 is 0. The molecule has 0 N–H and O–H groups in total. The van der Waals surface area contributed by atoms with Gasteiger partial charge < -0.3 is 4.90 Å². The maximum Gasteiger partial charge on any atom is 0.404 e. The van der Waals surface area contributed by atoms with Gasteiger partial charge in [0.2, 0.25) is 0 Å². The molecule has 0 bridgehead atoms. The van der Waals surface area contributed by atoms with E-state index in [9.17, 15) is 31.1 Å². The number of rotatable bonds is 2. The summed E-state index contributed by atoms with van der Waals surface area (Å²) in [5, 5.41) is 0. The van der Waals surface area contributed by atoms with Crippen LogP contribution in [0.4, 0.5) is 26.3 Å². The zero-order valence-corrected chi connectivity index (χ0v) is 11.3. The van der Waals surface area contributed by atoms with Gasteiger partial charge in [0.15, 0.2) is 5.92 Å². The van der Waals surface area contributed by atoms with Crippen molar-refractivity contribution in [2.24, 2.45) is 0 Å². The van der Waals surface area contributed by atoms with E-state index in [1.807, 2.05) is 0 Å². The Morgan fingerprint density at radius 2 is 1.36 bits per heavy atom. The Labute approximate surface area is 122 Å². The van der Waals surface area contributed by atoms with Crippen LogP contribution in [0.25, 0.3) is 0 Å². The summed E-state index contributed by atoms with van der Waals surface area (Å²) in [6.45, 7) is 1.10. The number of carbonyl (C=O) groups excluding carboxylic acids is 1. The third kappa shape index (κ3) is 3.53. The maximum atomic E-state index is 12.6. The van der Waals surface area contributed by atoms with Crippen molar-refractivity contribution in [3.63, 3.8) is 0 Å². The highest BCUT2D eigenvalue weighted by Gasteiger charge is 2.57. The van der Waals surface area contributed by atoms with Gasteiger partial charge in [-0.1, -0.05) is 12.1 Å². The molecule has 0 saturated carbocycles. The molecular formula is C14H13F6NO. The fraction of sp³-hybridized carbons (Fsp3) is 0.500. The number of alkyl halides is 6. The standard InChI is InChI=1S/C14H13F6NO/c15-13(16,17)11(14(18,19)20)9-3-5-10(6-4-9)12(22)21-7-1-2-8-21/h3-6,11H,1-2,7-8H2. The SMILES string of the molecule is O=C(c1ccc(C(C(F)(F)F)C(F)(F)F)cc1)N1CCCC1. The molecule has 1 amide bonds. The highest BCUT2D eigenvalue weighted by atomic mass is 19.4. The Bertz CT molecular complexity index is 514. The Hall–Kier alpha value is -1.73. The molecular weight excluding hydrogens is 312 g/mol. The molecule has 0 radical (unpaired) electrons. The summed E-state index contributed by atoms with van der Waals surface area (Å²) in [6, 6.07) is 3.46. The van der Waals surface area contributed by atoms with Crippen molar-refractivity contribution in [1.29, 1.82) is 0 Å². The molecule has 0 aliphatic carbocycles. The van der Waals surface area contributed by atoms with Gasteiger partial charge in [0, 0.05) is 18.7 Å². The molecule has 0 atom stereocenters. The number of carbonyl (C=O) groups is 1. The van der Waals surface area contributed by atoms with Crippen molar-refractivity contribution >= 4 is 5.91 Å². The average Bonchev–Trinajstić information content (AvgIpc) is 2.89. The predicted octanol–water partition coefficient (Wildman–Crippen LogP) is 4.13. The second-order valence-electron chi connectivity index (χ2n) is 5.14. The minimum Gasteiger partial charge on any atom is -0.339 e. The normalized spacial score (nSPS) is 16.4. The van der Waals surface area contributed by atoms with Crippen LogP contribution in [0, 0.1) is 0 Å². The van der Waals surface area contributed by atoms with Crippen molar-refractivity contribution < 1.29 is 31.1 Å². The van der Waals surface area contributed by atoms with Crippen LogP contribution >= 0.6 is 0 Å². The Balaban J connectivity index is 2.25. The highest BCUT2D eigenvalue weighted by molar-refractivity contribution is 5.94. The van der Waals surface area contributed by atoms with E-state index in [4.69, 9.17) is 0 Å². The summed E-state index contributed by atoms with van der Waals surface area (Å²) in [4.78, 5) is 13.5. The highest BCUT2D eigenvalue weighted by Crippen LogP contribution is 2.46. The second-order valence-corrected chi connectivity index (χ2v) is 5.14. The van der Waals surface area contributed by atoms with E-state index < -0.39 is 23.8 Å². The molecule has 1 aromatic rings. The van der Waals surface area contributed by atoms with Gasteiger partial charge in [0.25, 0.3) is 5.91 Å². The number of likely N-dealkylation sites (tertiary alicyclic amines) is 1. The Kier molecular flexibility index (Phi) is 4.39. The van der Waals surface area contributed by atoms with E-state index in [1.54, 1.807) is 0 Å². The van der Waals surface area contributed by atoms with E-state index in [0.717, 1.165) is 37.1 Å². The molecule has 2 rings (SSSR count). The van der Waals surface area contributed by atoms with E-state index in [2.05, 4.69) is 0 Å². The van der Waals surface area contributed by atoms with Crippen LogP contribution in [0.3, 0.4) is 0 Å². The largest absolute Gasteiger partial charge is 0.404 e. The number of benzene rings is 1. The number of hydrogen-bond acceptors (Lipinski definition) is 1. The first-order valence-corrected chi connectivity index (χ1v) is 6.63. The van der Waals surface area contributed by atoms with E-state index in [0.29, 0.717) is 13.1 Å². The van der Waals surface area contributed by atoms with Crippen molar-refractivity contribution in [3.8, 4) is 0 Å². The van der Waals surface area contributed by atoms with E-state index in [-0.39, 0.29) is 11.5 Å². The maximum absolute atomic E-state index is 12.6. The van der Waals surface area contributed by atoms with Crippen LogP contribution in [-0.2, 0) is 0 Å². The third-order valence-electron chi connectivity index (χ3n) is 3.54. The summed E-state index contributed by atoms with van der Waals surface area (Å²) in [5.74, 6) is -3.92.